The summed E-state index contributed by atoms with van der Waals surface area (Å²) in [4.78, 5) is 34.9. The number of aromatic nitrogens is 3. The van der Waals surface area contributed by atoms with E-state index in [9.17, 15) is 4.79 Å². The molecule has 0 unspecified atom stereocenters. The fourth-order valence-electron chi connectivity index (χ4n) is 3.03. The highest BCUT2D eigenvalue weighted by atomic mass is 127. The molecule has 0 bridgehead atoms. The topological polar surface area (TPSA) is 98.6 Å². The van der Waals surface area contributed by atoms with Crippen LogP contribution in [-0.2, 0) is 17.8 Å². The van der Waals surface area contributed by atoms with Crippen molar-refractivity contribution in [3.8, 4) is 0 Å². The second kappa shape index (κ2) is 12.6. The number of nitrogens with zero attached hydrogens (tertiary/aromatic N) is 6. The van der Waals surface area contributed by atoms with E-state index in [2.05, 4.69) is 42.4 Å². The van der Waals surface area contributed by atoms with E-state index in [0.29, 0.717) is 38.6 Å². The second-order valence-corrected chi connectivity index (χ2v) is 7.79. The van der Waals surface area contributed by atoms with E-state index in [4.69, 9.17) is 0 Å². The van der Waals surface area contributed by atoms with Crippen LogP contribution in [0.5, 0.6) is 0 Å². The molecule has 164 valence electrons. The number of aliphatic imine (C=N–C) groups is 1. The third-order valence-electron chi connectivity index (χ3n) is 4.68. The van der Waals surface area contributed by atoms with Crippen molar-refractivity contribution in [1.29, 1.82) is 0 Å². The van der Waals surface area contributed by atoms with Gasteiger partial charge in [-0.25, -0.2) is 15.0 Å². The average Bonchev–Trinajstić information content (AvgIpc) is 3.25. The van der Waals surface area contributed by atoms with Crippen molar-refractivity contribution in [2.24, 2.45) is 4.99 Å². The van der Waals surface area contributed by atoms with Gasteiger partial charge in [-0.3, -0.25) is 9.79 Å². The van der Waals surface area contributed by atoms with Crippen molar-refractivity contribution in [3.63, 3.8) is 0 Å². The number of hydrogen-bond donors (Lipinski definition) is 2. The summed E-state index contributed by atoms with van der Waals surface area (Å²) in [6.07, 6.45) is 6.83. The molecule has 9 nitrogen and oxygen atoms in total. The maximum absolute atomic E-state index is 12.5. The van der Waals surface area contributed by atoms with Gasteiger partial charge >= 0.3 is 0 Å². The SMILES string of the molecule is CCc1cnc(CNC(=NC)NCCC(=O)N2CCN(c3ncccn3)CC2)s1.I. The minimum atomic E-state index is 0. The number of aryl methyl sites for hydroxylation is 1. The van der Waals surface area contributed by atoms with Gasteiger partial charge in [0.2, 0.25) is 11.9 Å². The first kappa shape index (κ1) is 24.3. The van der Waals surface area contributed by atoms with Crippen LogP contribution >= 0.6 is 35.3 Å². The quantitative estimate of drug-likeness (QED) is 0.310. The molecule has 3 rings (SSSR count). The van der Waals surface area contributed by atoms with Crippen LogP contribution in [0, 0.1) is 0 Å². The number of carbonyl (C=O) groups excluding carboxylic acids is 1. The first-order chi connectivity index (χ1) is 14.2. The molecule has 1 saturated heterocycles. The highest BCUT2D eigenvalue weighted by Crippen LogP contribution is 2.13. The lowest BCUT2D eigenvalue weighted by atomic mass is 10.3. The van der Waals surface area contributed by atoms with Crippen molar-refractivity contribution >= 4 is 53.1 Å². The Labute approximate surface area is 198 Å². The number of amides is 1. The molecule has 0 radical (unpaired) electrons. The molecule has 0 saturated carbocycles. The third-order valence-corrected chi connectivity index (χ3v) is 5.82. The first-order valence-corrected chi connectivity index (χ1v) is 10.7. The largest absolute Gasteiger partial charge is 0.356 e. The molecule has 0 aromatic carbocycles. The molecular weight excluding hydrogens is 515 g/mol. The molecule has 1 amide bonds. The molecule has 3 heterocycles. The average molecular weight is 544 g/mol. The maximum Gasteiger partial charge on any atom is 0.225 e. The van der Waals surface area contributed by atoms with E-state index >= 15 is 0 Å². The van der Waals surface area contributed by atoms with E-state index in [-0.39, 0.29) is 29.9 Å². The molecule has 11 heteroatoms. The van der Waals surface area contributed by atoms with E-state index in [1.807, 2.05) is 11.1 Å². The second-order valence-electron chi connectivity index (χ2n) is 6.59. The van der Waals surface area contributed by atoms with Gasteiger partial charge < -0.3 is 20.4 Å². The molecule has 1 fully saturated rings. The van der Waals surface area contributed by atoms with Gasteiger partial charge in [0.15, 0.2) is 5.96 Å². The Bertz CT molecular complexity index is 808. The van der Waals surface area contributed by atoms with Gasteiger partial charge in [0.05, 0.1) is 6.54 Å². The third kappa shape index (κ3) is 7.04. The number of carbonyl (C=O) groups is 1. The number of hydrogen-bond acceptors (Lipinski definition) is 7. The lowest BCUT2D eigenvalue weighted by Gasteiger charge is -2.34. The van der Waals surface area contributed by atoms with Crippen LogP contribution in [0.25, 0.3) is 0 Å². The van der Waals surface area contributed by atoms with Crippen molar-refractivity contribution in [3.05, 3.63) is 34.5 Å². The number of anilines is 1. The zero-order chi connectivity index (χ0) is 20.5. The molecule has 1 aliphatic heterocycles. The Morgan fingerprint density at radius 2 is 1.90 bits per heavy atom. The van der Waals surface area contributed by atoms with E-state index in [0.717, 1.165) is 30.5 Å². The molecular formula is C19H29IN8OS. The van der Waals surface area contributed by atoms with Gasteiger partial charge in [0.25, 0.3) is 0 Å². The standard InChI is InChI=1S/C19H28N8OS.HI/c1-3-15-13-24-16(29-15)14-25-18(20-2)21-8-5-17(28)26-9-11-27(12-10-26)19-22-6-4-7-23-19;/h4,6-7,13H,3,5,8-12,14H2,1-2H3,(H2,20,21,25);1H. The smallest absolute Gasteiger partial charge is 0.225 e. The predicted octanol–water partition coefficient (Wildman–Crippen LogP) is 1.52. The van der Waals surface area contributed by atoms with Gasteiger partial charge in [0, 0.05) is 69.7 Å². The van der Waals surface area contributed by atoms with Crippen LogP contribution in [0.2, 0.25) is 0 Å². The highest BCUT2D eigenvalue weighted by molar-refractivity contribution is 14.0. The summed E-state index contributed by atoms with van der Waals surface area (Å²) in [5.41, 5.74) is 0. The lowest BCUT2D eigenvalue weighted by Crippen LogP contribution is -2.50. The molecule has 1 aliphatic rings. The van der Waals surface area contributed by atoms with Crippen LogP contribution in [0.1, 0.15) is 23.2 Å². The number of nitrogens with one attached hydrogen (secondary N) is 2. The van der Waals surface area contributed by atoms with Crippen LogP contribution in [-0.4, -0.2) is 71.5 Å². The van der Waals surface area contributed by atoms with Crippen molar-refractivity contribution < 1.29 is 4.79 Å². The molecule has 30 heavy (non-hydrogen) atoms. The van der Waals surface area contributed by atoms with Crippen LogP contribution in [0.4, 0.5) is 5.95 Å². The Morgan fingerprint density at radius 1 is 1.17 bits per heavy atom. The van der Waals surface area contributed by atoms with Gasteiger partial charge in [-0.2, -0.15) is 0 Å². The number of halogens is 1. The summed E-state index contributed by atoms with van der Waals surface area (Å²) >= 11 is 1.70. The van der Waals surface area contributed by atoms with Crippen LogP contribution in [0.15, 0.2) is 29.6 Å². The fourth-order valence-corrected chi connectivity index (χ4v) is 3.83. The van der Waals surface area contributed by atoms with Gasteiger partial charge in [-0.15, -0.1) is 35.3 Å². The summed E-state index contributed by atoms with van der Waals surface area (Å²) in [6, 6.07) is 1.80. The Kier molecular flexibility index (Phi) is 10.2. The number of piperazine rings is 1. The van der Waals surface area contributed by atoms with Crippen LogP contribution < -0.4 is 15.5 Å². The molecule has 0 aliphatic carbocycles. The summed E-state index contributed by atoms with van der Waals surface area (Å²) in [7, 11) is 1.72. The fraction of sp³-hybridized carbons (Fsp3) is 0.526. The highest BCUT2D eigenvalue weighted by Gasteiger charge is 2.22. The van der Waals surface area contributed by atoms with Crippen molar-refractivity contribution in [2.45, 2.75) is 26.3 Å². The summed E-state index contributed by atoms with van der Waals surface area (Å²) in [6.45, 7) is 6.17. The normalized spacial score (nSPS) is 14.3. The molecule has 2 N–H and O–H groups in total. The van der Waals surface area contributed by atoms with Gasteiger partial charge in [0.1, 0.15) is 5.01 Å². The summed E-state index contributed by atoms with van der Waals surface area (Å²) in [5.74, 6) is 1.55. The molecule has 0 atom stereocenters. The number of thiazole rings is 1. The van der Waals surface area contributed by atoms with Crippen molar-refractivity contribution in [2.75, 3.05) is 44.7 Å². The van der Waals surface area contributed by atoms with Crippen molar-refractivity contribution in [1.82, 2.24) is 30.5 Å². The zero-order valence-corrected chi connectivity index (χ0v) is 20.5. The van der Waals surface area contributed by atoms with E-state index in [1.54, 1.807) is 36.8 Å². The Balaban J connectivity index is 0.00000320. The minimum absolute atomic E-state index is 0. The molecule has 0 spiro atoms. The summed E-state index contributed by atoms with van der Waals surface area (Å²) in [5, 5.41) is 7.47. The maximum atomic E-state index is 12.5. The first-order valence-electron chi connectivity index (χ1n) is 9.87. The molecule has 2 aromatic heterocycles. The van der Waals surface area contributed by atoms with Gasteiger partial charge in [-0.05, 0) is 12.5 Å². The van der Waals surface area contributed by atoms with E-state index < -0.39 is 0 Å². The van der Waals surface area contributed by atoms with E-state index in [1.165, 1.54) is 4.88 Å². The number of guanidine groups is 1. The van der Waals surface area contributed by atoms with Crippen LogP contribution in [0.3, 0.4) is 0 Å². The Hall–Kier alpha value is -2.02. The van der Waals surface area contributed by atoms with Gasteiger partial charge in [-0.1, -0.05) is 6.92 Å². The summed E-state index contributed by atoms with van der Waals surface area (Å²) < 4.78 is 0. The minimum Gasteiger partial charge on any atom is -0.356 e. The lowest BCUT2D eigenvalue weighted by molar-refractivity contribution is -0.131. The predicted molar refractivity (Wildman–Crippen MR) is 131 cm³/mol. The monoisotopic (exact) mass is 544 g/mol. The molecule has 2 aromatic rings. The number of rotatable bonds is 7. The zero-order valence-electron chi connectivity index (χ0n) is 17.4. The Morgan fingerprint density at radius 3 is 2.53 bits per heavy atom.